The normalized spacial score (nSPS) is 20.6. The summed E-state index contributed by atoms with van der Waals surface area (Å²) in [6.07, 6.45) is -6.53. The van der Waals surface area contributed by atoms with Gasteiger partial charge in [0.15, 0.2) is 11.5 Å². The van der Waals surface area contributed by atoms with E-state index in [2.05, 4.69) is 14.8 Å². The summed E-state index contributed by atoms with van der Waals surface area (Å²) >= 11 is 0. The van der Waals surface area contributed by atoms with E-state index in [0.29, 0.717) is 26.2 Å². The van der Waals surface area contributed by atoms with Crippen LogP contribution in [0.4, 0.5) is 17.6 Å². The SMILES string of the molecule is Cl.Cl.FC(F)[C@H](c1cccc2c1OC(F)(F)O2)N1CCNCC1. The van der Waals surface area contributed by atoms with Gasteiger partial charge in [-0.2, -0.15) is 0 Å². The number of rotatable bonds is 3. The van der Waals surface area contributed by atoms with E-state index in [4.69, 9.17) is 0 Å². The first kappa shape index (κ1) is 20.1. The van der Waals surface area contributed by atoms with Crippen LogP contribution in [0.5, 0.6) is 11.5 Å². The van der Waals surface area contributed by atoms with Crippen LogP contribution in [0, 0.1) is 0 Å². The fraction of sp³-hybridized carbons (Fsp3) is 0.538. The van der Waals surface area contributed by atoms with Crippen LogP contribution in [0.15, 0.2) is 18.2 Å². The molecular weight excluding hydrogens is 363 g/mol. The second-order valence-corrected chi connectivity index (χ2v) is 4.91. The maximum Gasteiger partial charge on any atom is 0.586 e. The molecule has 0 saturated carbocycles. The van der Waals surface area contributed by atoms with Gasteiger partial charge >= 0.3 is 6.29 Å². The number of alkyl halides is 4. The molecule has 0 bridgehead atoms. The molecule has 1 aromatic carbocycles. The molecule has 1 fully saturated rings. The molecule has 1 aromatic rings. The number of fused-ring (bicyclic) bond motifs is 1. The van der Waals surface area contributed by atoms with Crippen molar-refractivity contribution in [2.24, 2.45) is 0 Å². The van der Waals surface area contributed by atoms with Gasteiger partial charge in [0.2, 0.25) is 0 Å². The van der Waals surface area contributed by atoms with E-state index < -0.39 is 18.8 Å². The van der Waals surface area contributed by atoms with Crippen LogP contribution in [0.2, 0.25) is 0 Å². The van der Waals surface area contributed by atoms with Crippen LogP contribution >= 0.6 is 24.8 Å². The number of nitrogens with zero attached hydrogens (tertiary/aromatic N) is 1. The van der Waals surface area contributed by atoms with Crippen molar-refractivity contribution in [3.05, 3.63) is 23.8 Å². The van der Waals surface area contributed by atoms with Crippen molar-refractivity contribution in [2.45, 2.75) is 18.8 Å². The van der Waals surface area contributed by atoms with Crippen LogP contribution in [0.3, 0.4) is 0 Å². The van der Waals surface area contributed by atoms with Crippen molar-refractivity contribution in [1.29, 1.82) is 0 Å². The summed E-state index contributed by atoms with van der Waals surface area (Å²) in [5.41, 5.74) is 0.0292. The van der Waals surface area contributed by atoms with Gasteiger partial charge in [-0.25, -0.2) is 8.78 Å². The summed E-state index contributed by atoms with van der Waals surface area (Å²) in [6.45, 7) is 1.98. The highest BCUT2D eigenvalue weighted by Crippen LogP contribution is 2.47. The largest absolute Gasteiger partial charge is 0.586 e. The third kappa shape index (κ3) is 4.12. The van der Waals surface area contributed by atoms with Gasteiger partial charge in [0.05, 0.1) is 0 Å². The first-order valence-corrected chi connectivity index (χ1v) is 6.59. The topological polar surface area (TPSA) is 33.7 Å². The summed E-state index contributed by atoms with van der Waals surface area (Å²) < 4.78 is 62.0. The number of hydrogen-bond acceptors (Lipinski definition) is 4. The van der Waals surface area contributed by atoms with Crippen molar-refractivity contribution in [2.75, 3.05) is 26.2 Å². The summed E-state index contributed by atoms with van der Waals surface area (Å²) in [4.78, 5) is 1.57. The number of piperazine rings is 1. The highest BCUT2D eigenvalue weighted by Gasteiger charge is 2.46. The Balaban J connectivity index is 0.00000132. The molecule has 23 heavy (non-hydrogen) atoms. The minimum absolute atomic E-state index is 0. The van der Waals surface area contributed by atoms with Gasteiger partial charge in [-0.3, -0.25) is 4.90 Å². The summed E-state index contributed by atoms with van der Waals surface area (Å²) in [5.74, 6) is -0.510. The number of nitrogens with one attached hydrogen (secondary N) is 1. The summed E-state index contributed by atoms with van der Waals surface area (Å²) in [6, 6.07) is 2.78. The predicted octanol–water partition coefficient (Wildman–Crippen LogP) is 3.06. The second kappa shape index (κ2) is 7.74. The fourth-order valence-corrected chi connectivity index (χ4v) is 2.68. The van der Waals surface area contributed by atoms with Crippen LogP contribution in [-0.2, 0) is 0 Å². The molecule has 1 atom stereocenters. The van der Waals surface area contributed by atoms with E-state index in [0.717, 1.165) is 0 Å². The molecule has 0 amide bonds. The molecule has 2 aliphatic heterocycles. The molecule has 4 nitrogen and oxygen atoms in total. The van der Waals surface area contributed by atoms with E-state index >= 15 is 0 Å². The predicted molar refractivity (Wildman–Crippen MR) is 80.3 cm³/mol. The van der Waals surface area contributed by atoms with Gasteiger partial charge in [0.25, 0.3) is 6.43 Å². The highest BCUT2D eigenvalue weighted by atomic mass is 35.5. The van der Waals surface area contributed by atoms with Gasteiger partial charge in [-0.15, -0.1) is 33.6 Å². The third-order valence-electron chi connectivity index (χ3n) is 3.56. The lowest BCUT2D eigenvalue weighted by Crippen LogP contribution is -2.47. The number of para-hydroxylation sites is 1. The molecule has 0 radical (unpaired) electrons. The maximum absolute atomic E-state index is 13.5. The first-order valence-electron chi connectivity index (χ1n) is 6.59. The Bertz CT molecular complexity index is 531. The summed E-state index contributed by atoms with van der Waals surface area (Å²) in [7, 11) is 0. The Morgan fingerprint density at radius 2 is 1.74 bits per heavy atom. The van der Waals surface area contributed by atoms with Gasteiger partial charge in [0.1, 0.15) is 6.04 Å². The van der Waals surface area contributed by atoms with Crippen LogP contribution in [0.1, 0.15) is 11.6 Å². The second-order valence-electron chi connectivity index (χ2n) is 4.91. The Morgan fingerprint density at radius 3 is 2.35 bits per heavy atom. The minimum Gasteiger partial charge on any atom is -0.395 e. The molecule has 0 spiro atoms. The highest BCUT2D eigenvalue weighted by molar-refractivity contribution is 5.85. The molecule has 0 unspecified atom stereocenters. The maximum atomic E-state index is 13.5. The molecule has 2 aliphatic rings. The molecular formula is C13H16Cl2F4N2O2. The number of ether oxygens (including phenoxy) is 2. The Labute approximate surface area is 142 Å². The van der Waals surface area contributed by atoms with E-state index in [1.165, 1.54) is 18.2 Å². The quantitative estimate of drug-likeness (QED) is 0.819. The van der Waals surface area contributed by atoms with Gasteiger partial charge in [-0.1, -0.05) is 12.1 Å². The van der Waals surface area contributed by atoms with Crippen molar-refractivity contribution in [3.8, 4) is 11.5 Å². The molecule has 3 rings (SSSR count). The smallest absolute Gasteiger partial charge is 0.395 e. The molecule has 1 N–H and O–H groups in total. The van der Waals surface area contributed by atoms with Crippen molar-refractivity contribution in [1.82, 2.24) is 10.2 Å². The lowest BCUT2D eigenvalue weighted by atomic mass is 10.0. The monoisotopic (exact) mass is 378 g/mol. The van der Waals surface area contributed by atoms with Crippen molar-refractivity contribution in [3.63, 3.8) is 0 Å². The standard InChI is InChI=1S/C13H14F4N2O2.2ClH/c14-12(15)10(19-6-4-18-5-7-19)8-2-1-3-9-11(8)21-13(16,17)20-9;;/h1-3,10,12,18H,4-7H2;2*1H/t10-;;/m0../s1. The fourth-order valence-electron chi connectivity index (χ4n) is 2.68. The van der Waals surface area contributed by atoms with Crippen LogP contribution in [-0.4, -0.2) is 43.8 Å². The van der Waals surface area contributed by atoms with Crippen molar-refractivity contribution >= 4 is 24.8 Å². The zero-order valence-electron chi connectivity index (χ0n) is 11.8. The molecule has 132 valence electrons. The van der Waals surface area contributed by atoms with Gasteiger partial charge in [-0.05, 0) is 6.07 Å². The van der Waals surface area contributed by atoms with E-state index in [-0.39, 0.29) is 41.9 Å². The zero-order chi connectivity index (χ0) is 15.0. The number of halogens is 6. The van der Waals surface area contributed by atoms with Gasteiger partial charge in [0, 0.05) is 31.7 Å². The lowest BCUT2D eigenvalue weighted by molar-refractivity contribution is -0.287. The van der Waals surface area contributed by atoms with E-state index in [1.54, 1.807) is 4.90 Å². The van der Waals surface area contributed by atoms with E-state index in [9.17, 15) is 17.6 Å². The molecule has 2 heterocycles. The van der Waals surface area contributed by atoms with Crippen LogP contribution in [0.25, 0.3) is 0 Å². The number of hydrogen-bond donors (Lipinski definition) is 1. The molecule has 10 heteroatoms. The minimum atomic E-state index is -3.81. The van der Waals surface area contributed by atoms with Crippen molar-refractivity contribution < 1.29 is 27.0 Å². The molecule has 0 aliphatic carbocycles. The molecule has 1 saturated heterocycles. The third-order valence-corrected chi connectivity index (χ3v) is 3.56. The van der Waals surface area contributed by atoms with Crippen LogP contribution < -0.4 is 14.8 Å². The lowest BCUT2D eigenvalue weighted by Gasteiger charge is -2.34. The molecule has 0 aromatic heterocycles. The summed E-state index contributed by atoms with van der Waals surface area (Å²) in [5, 5.41) is 3.06. The Kier molecular flexibility index (Phi) is 6.76. The first-order chi connectivity index (χ1) is 9.98. The average molecular weight is 379 g/mol. The Hall–Kier alpha value is -0.960. The van der Waals surface area contributed by atoms with E-state index in [1.807, 2.05) is 0 Å². The number of benzene rings is 1. The zero-order valence-corrected chi connectivity index (χ0v) is 13.4. The Morgan fingerprint density at radius 1 is 1.09 bits per heavy atom. The van der Waals surface area contributed by atoms with Gasteiger partial charge < -0.3 is 14.8 Å². The average Bonchev–Trinajstić information content (AvgIpc) is 2.75.